The molecule has 4 fully saturated rings. The van der Waals surface area contributed by atoms with Crippen molar-refractivity contribution in [1.29, 1.82) is 0 Å². The van der Waals surface area contributed by atoms with Crippen molar-refractivity contribution < 1.29 is 13.2 Å². The zero-order valence-electron chi connectivity index (χ0n) is 13.6. The second-order valence-corrected chi connectivity index (χ2v) is 11.2. The van der Waals surface area contributed by atoms with Crippen LogP contribution < -0.4 is 0 Å². The molecule has 2 aliphatic heterocycles. The molecular formula is C16H24N2O3S2. The molecule has 4 aliphatic rings. The van der Waals surface area contributed by atoms with E-state index in [4.69, 9.17) is 0 Å². The van der Waals surface area contributed by atoms with Gasteiger partial charge < -0.3 is 4.90 Å². The van der Waals surface area contributed by atoms with Crippen LogP contribution in [0.15, 0.2) is 4.99 Å². The van der Waals surface area contributed by atoms with E-state index in [0.717, 1.165) is 17.5 Å². The molecule has 0 radical (unpaired) electrons. The van der Waals surface area contributed by atoms with Crippen molar-refractivity contribution in [1.82, 2.24) is 4.90 Å². The monoisotopic (exact) mass is 356 g/mol. The number of carbonyl (C=O) groups is 1. The number of hydrogen-bond acceptors (Lipinski definition) is 4. The zero-order chi connectivity index (χ0) is 16.4. The van der Waals surface area contributed by atoms with E-state index < -0.39 is 9.84 Å². The first-order valence-corrected chi connectivity index (χ1v) is 11.3. The van der Waals surface area contributed by atoms with Crippen LogP contribution in [0.1, 0.15) is 39.5 Å². The third kappa shape index (κ3) is 2.73. The van der Waals surface area contributed by atoms with E-state index in [1.807, 2.05) is 13.8 Å². The molecule has 2 saturated heterocycles. The summed E-state index contributed by atoms with van der Waals surface area (Å²) >= 11 is 1.53. The molecule has 7 heteroatoms. The molecule has 0 N–H and O–H groups in total. The third-order valence-electron chi connectivity index (χ3n) is 5.86. The Morgan fingerprint density at radius 1 is 1.22 bits per heavy atom. The number of thioether (sulfide) groups is 1. The Labute approximate surface area is 142 Å². The van der Waals surface area contributed by atoms with Crippen molar-refractivity contribution >= 4 is 32.7 Å². The molecule has 4 rings (SSSR count). The van der Waals surface area contributed by atoms with Crippen molar-refractivity contribution in [3.63, 3.8) is 0 Å². The third-order valence-corrected chi connectivity index (χ3v) is 9.09. The molecule has 2 saturated carbocycles. The lowest BCUT2D eigenvalue weighted by Crippen LogP contribution is -2.47. The predicted molar refractivity (Wildman–Crippen MR) is 92.2 cm³/mol. The second kappa shape index (κ2) is 5.48. The van der Waals surface area contributed by atoms with Crippen LogP contribution in [0.2, 0.25) is 0 Å². The van der Waals surface area contributed by atoms with Gasteiger partial charge in [-0.2, -0.15) is 4.99 Å². The molecule has 0 aromatic rings. The summed E-state index contributed by atoms with van der Waals surface area (Å²) in [6.07, 6.45) is 4.96. The second-order valence-electron chi connectivity index (χ2n) is 7.84. The van der Waals surface area contributed by atoms with Crippen LogP contribution in [0, 0.1) is 17.8 Å². The molecule has 23 heavy (non-hydrogen) atoms. The van der Waals surface area contributed by atoms with Crippen molar-refractivity contribution in [2.75, 3.05) is 11.5 Å². The molecule has 0 aromatic carbocycles. The SMILES string of the molecule is CC(C)C(=O)N=C1S[C@@H]2CS(=O)(=O)C[C@@H]2N1[C@@H]1C[C@@H]2CC[C@@H]1C2. The fourth-order valence-corrected chi connectivity index (χ4v) is 8.73. The van der Waals surface area contributed by atoms with Gasteiger partial charge in [-0.3, -0.25) is 4.79 Å². The fourth-order valence-electron chi connectivity index (χ4n) is 4.75. The van der Waals surface area contributed by atoms with Gasteiger partial charge in [0.1, 0.15) is 0 Å². The number of nitrogens with zero attached hydrogens (tertiary/aromatic N) is 2. The lowest BCUT2D eigenvalue weighted by molar-refractivity contribution is -0.120. The summed E-state index contributed by atoms with van der Waals surface area (Å²) in [5.41, 5.74) is 0. The number of aliphatic imine (C=N–C) groups is 1. The lowest BCUT2D eigenvalue weighted by Gasteiger charge is -2.36. The fraction of sp³-hybridized carbons (Fsp3) is 0.875. The van der Waals surface area contributed by atoms with Gasteiger partial charge in [-0.1, -0.05) is 32.0 Å². The zero-order valence-corrected chi connectivity index (χ0v) is 15.3. The van der Waals surface area contributed by atoms with Crippen LogP contribution in [0.3, 0.4) is 0 Å². The summed E-state index contributed by atoms with van der Waals surface area (Å²) in [6.45, 7) is 3.72. The van der Waals surface area contributed by atoms with Crippen molar-refractivity contribution in [2.45, 2.75) is 56.9 Å². The minimum absolute atomic E-state index is 0.0214. The number of rotatable bonds is 2. The first-order valence-electron chi connectivity index (χ1n) is 8.62. The van der Waals surface area contributed by atoms with E-state index in [-0.39, 0.29) is 34.6 Å². The normalized spacial score (nSPS) is 42.8. The van der Waals surface area contributed by atoms with E-state index in [0.29, 0.717) is 12.0 Å². The molecule has 5 atom stereocenters. The van der Waals surface area contributed by atoms with Crippen LogP contribution in [0.4, 0.5) is 0 Å². The standard InChI is InChI=1S/C16H24N2O3S2/c1-9(2)15(19)17-16-18(12-6-10-3-4-11(12)5-10)13-7-23(20,21)8-14(13)22-16/h9-14H,3-8H2,1-2H3/t10-,11-,12-,13+,14-/m1/s1. The van der Waals surface area contributed by atoms with E-state index in [1.54, 1.807) is 0 Å². The van der Waals surface area contributed by atoms with Crippen molar-refractivity contribution in [3.05, 3.63) is 0 Å². The maximum atomic E-state index is 12.1. The highest BCUT2D eigenvalue weighted by Crippen LogP contribution is 2.51. The Morgan fingerprint density at radius 3 is 2.61 bits per heavy atom. The first kappa shape index (κ1) is 15.9. The summed E-state index contributed by atoms with van der Waals surface area (Å²) in [6, 6.07) is 0.413. The van der Waals surface area contributed by atoms with Crippen LogP contribution in [-0.2, 0) is 14.6 Å². The molecule has 2 bridgehead atoms. The summed E-state index contributed by atoms with van der Waals surface area (Å²) < 4.78 is 24.1. The lowest BCUT2D eigenvalue weighted by atomic mass is 9.93. The quantitative estimate of drug-likeness (QED) is 0.756. The highest BCUT2D eigenvalue weighted by atomic mass is 32.2. The molecule has 0 aromatic heterocycles. The van der Waals surface area contributed by atoms with Crippen molar-refractivity contribution in [3.8, 4) is 0 Å². The number of sulfone groups is 1. The summed E-state index contributed by atoms with van der Waals surface area (Å²) in [5.74, 6) is 1.69. The van der Waals surface area contributed by atoms with Gasteiger partial charge in [0.05, 0.1) is 17.5 Å². The Balaban J connectivity index is 1.66. The number of amides is 1. The van der Waals surface area contributed by atoms with Gasteiger partial charge in [0.25, 0.3) is 5.91 Å². The molecule has 2 heterocycles. The van der Waals surface area contributed by atoms with E-state index >= 15 is 0 Å². The van der Waals surface area contributed by atoms with Crippen molar-refractivity contribution in [2.24, 2.45) is 22.7 Å². The summed E-state index contributed by atoms with van der Waals surface area (Å²) in [7, 11) is -2.95. The number of amidine groups is 1. The van der Waals surface area contributed by atoms with Gasteiger partial charge in [0, 0.05) is 17.2 Å². The molecule has 5 nitrogen and oxygen atoms in total. The summed E-state index contributed by atoms with van der Waals surface area (Å²) in [5, 5.41) is 0.851. The Bertz CT molecular complexity index is 658. The van der Waals surface area contributed by atoms with Gasteiger partial charge in [-0.25, -0.2) is 8.42 Å². The Kier molecular flexibility index (Phi) is 3.80. The first-order chi connectivity index (χ1) is 10.8. The maximum absolute atomic E-state index is 12.1. The maximum Gasteiger partial charge on any atom is 0.250 e. The predicted octanol–water partition coefficient (Wildman–Crippen LogP) is 1.93. The molecule has 1 amide bonds. The molecular weight excluding hydrogens is 332 g/mol. The van der Waals surface area contributed by atoms with E-state index in [1.165, 1.54) is 31.0 Å². The smallest absolute Gasteiger partial charge is 0.250 e. The van der Waals surface area contributed by atoms with Gasteiger partial charge in [-0.05, 0) is 31.1 Å². The molecule has 128 valence electrons. The number of carbonyl (C=O) groups excluding carboxylic acids is 1. The summed E-state index contributed by atoms with van der Waals surface area (Å²) in [4.78, 5) is 18.8. The van der Waals surface area contributed by atoms with Crippen LogP contribution >= 0.6 is 11.8 Å². The average molecular weight is 357 g/mol. The van der Waals surface area contributed by atoms with Gasteiger partial charge in [0.2, 0.25) is 0 Å². The molecule has 2 aliphatic carbocycles. The van der Waals surface area contributed by atoms with Crippen LogP contribution in [0.5, 0.6) is 0 Å². The Hall–Kier alpha value is -0.560. The van der Waals surface area contributed by atoms with Gasteiger partial charge in [0.15, 0.2) is 15.0 Å². The minimum atomic E-state index is -2.95. The highest BCUT2D eigenvalue weighted by molar-refractivity contribution is 8.15. The topological polar surface area (TPSA) is 66.8 Å². The number of fused-ring (bicyclic) bond motifs is 3. The Morgan fingerprint density at radius 2 is 2.00 bits per heavy atom. The van der Waals surface area contributed by atoms with Gasteiger partial charge >= 0.3 is 0 Å². The van der Waals surface area contributed by atoms with E-state index in [9.17, 15) is 13.2 Å². The highest BCUT2D eigenvalue weighted by Gasteiger charge is 2.54. The molecule has 0 spiro atoms. The molecule has 0 unspecified atom stereocenters. The minimum Gasteiger partial charge on any atom is -0.343 e. The number of hydrogen-bond donors (Lipinski definition) is 0. The van der Waals surface area contributed by atoms with Crippen LogP contribution in [0.25, 0.3) is 0 Å². The largest absolute Gasteiger partial charge is 0.343 e. The van der Waals surface area contributed by atoms with E-state index in [2.05, 4.69) is 9.89 Å². The van der Waals surface area contributed by atoms with Crippen LogP contribution in [-0.4, -0.2) is 53.2 Å². The van der Waals surface area contributed by atoms with Gasteiger partial charge in [-0.15, -0.1) is 0 Å². The average Bonchev–Trinajstić information content (AvgIpc) is 3.17.